The number of nitrogens with two attached hydrogens (primary N) is 1. The summed E-state index contributed by atoms with van der Waals surface area (Å²) in [5.41, 5.74) is 5.65. The van der Waals surface area contributed by atoms with Crippen LogP contribution in [0.4, 0.5) is 5.95 Å². The molecule has 7 nitrogen and oxygen atoms in total. The van der Waals surface area contributed by atoms with Crippen molar-refractivity contribution in [1.29, 1.82) is 0 Å². The first-order chi connectivity index (χ1) is 6.27. The topological polar surface area (TPSA) is 118 Å². The molecule has 0 bridgehead atoms. The molecule has 0 amide bonds. The summed E-state index contributed by atoms with van der Waals surface area (Å²) in [4.78, 5) is 23.5. The average molecular weight is 412 g/mol. The quantitative estimate of drug-likeness (QED) is 0.380. The molecule has 2 radical (unpaired) electrons. The predicted molar refractivity (Wildman–Crippen MR) is 45.4 cm³/mol. The predicted octanol–water partition coefficient (Wildman–Crippen LogP) is -4.27. The maximum atomic E-state index is 11.0. The van der Waals surface area contributed by atoms with Crippen molar-refractivity contribution < 1.29 is 15.2 Å². The standard InChI is InChI=1S/C5H5N5O.Bi.ClH.O/c6-5-9-3-2(4(11)10-5)7-1-8-3;;;/h1H,(H4,6,7,8,9,10,11);;1H;/q;+1;;/p-1. The molecule has 0 saturated carbocycles. The molecule has 0 atom stereocenters. The summed E-state index contributed by atoms with van der Waals surface area (Å²) in [6.07, 6.45) is 1.40. The van der Waals surface area contributed by atoms with E-state index < -0.39 is 0 Å². The second kappa shape index (κ2) is 5.77. The van der Waals surface area contributed by atoms with Gasteiger partial charge in [0.15, 0.2) is 11.2 Å². The Balaban J connectivity index is 0.000000531. The van der Waals surface area contributed by atoms with Crippen molar-refractivity contribution >= 4 is 41.8 Å². The van der Waals surface area contributed by atoms with Gasteiger partial charge in [-0.1, -0.05) is 0 Å². The van der Waals surface area contributed by atoms with E-state index in [9.17, 15) is 4.79 Å². The van der Waals surface area contributed by atoms with Crippen molar-refractivity contribution in [2.24, 2.45) is 0 Å². The van der Waals surface area contributed by atoms with E-state index in [2.05, 4.69) is 19.9 Å². The molecule has 14 heavy (non-hydrogen) atoms. The summed E-state index contributed by atoms with van der Waals surface area (Å²) in [5.74, 6) is 0.0783. The molecular weight excluding hydrogens is 407 g/mol. The number of halogens is 1. The zero-order valence-electron chi connectivity index (χ0n) is 6.69. The fourth-order valence-electron chi connectivity index (χ4n) is 0.860. The van der Waals surface area contributed by atoms with Crippen molar-refractivity contribution in [3.63, 3.8) is 0 Å². The van der Waals surface area contributed by atoms with Crippen LogP contribution < -0.4 is 23.7 Å². The van der Waals surface area contributed by atoms with Crippen LogP contribution in [0.25, 0.3) is 11.2 Å². The van der Waals surface area contributed by atoms with Crippen LogP contribution in [-0.2, 0) is 2.81 Å². The summed E-state index contributed by atoms with van der Waals surface area (Å²) in [6.45, 7) is 0. The Hall–Kier alpha value is -0.877. The zero-order valence-corrected chi connectivity index (χ0v) is 10.9. The monoisotopic (exact) mass is 411 g/mol. The Labute approximate surface area is 99.2 Å². The van der Waals surface area contributed by atoms with Gasteiger partial charge < -0.3 is 23.1 Å². The van der Waals surface area contributed by atoms with E-state index in [4.69, 9.17) is 8.55 Å². The van der Waals surface area contributed by atoms with Crippen LogP contribution in [0.15, 0.2) is 11.1 Å². The Morgan fingerprint density at radius 2 is 2.07 bits per heavy atom. The number of hydrogen-bond donors (Lipinski definition) is 3. The Bertz CT molecular complexity index is 468. The van der Waals surface area contributed by atoms with Gasteiger partial charge >= 0.3 is 27.5 Å². The van der Waals surface area contributed by atoms with E-state index in [1.54, 1.807) is 0 Å². The van der Waals surface area contributed by atoms with Gasteiger partial charge in [-0.25, -0.2) is 4.98 Å². The Morgan fingerprint density at radius 1 is 1.43 bits per heavy atom. The number of nitrogens with zero attached hydrogens (tertiary/aromatic N) is 2. The zero-order chi connectivity index (χ0) is 9.84. The van der Waals surface area contributed by atoms with Gasteiger partial charge in [-0.2, -0.15) is 4.98 Å². The third kappa shape index (κ3) is 2.55. The number of anilines is 1. The van der Waals surface area contributed by atoms with Crippen LogP contribution in [0.1, 0.15) is 0 Å². The summed E-state index contributed by atoms with van der Waals surface area (Å²) in [5, 5.41) is 0. The van der Waals surface area contributed by atoms with Gasteiger partial charge in [0.05, 0.1) is 6.33 Å². The first-order valence-electron chi connectivity index (χ1n) is 3.14. The number of nitrogen functional groups attached to an aromatic ring is 1. The molecule has 9 heteroatoms. The normalized spacial score (nSPS) is 8.57. The second-order valence-corrected chi connectivity index (χ2v) is 2.05. The summed E-state index contributed by atoms with van der Waals surface area (Å²) in [6, 6.07) is 0. The molecule has 0 aliphatic heterocycles. The molecule has 2 rings (SSSR count). The van der Waals surface area contributed by atoms with Crippen molar-refractivity contribution in [1.82, 2.24) is 19.9 Å². The molecule has 2 aromatic heterocycles. The van der Waals surface area contributed by atoms with E-state index in [0.717, 1.165) is 0 Å². The first-order valence-corrected chi connectivity index (χ1v) is 4.56. The van der Waals surface area contributed by atoms with Crippen LogP contribution in [0, 0.1) is 0 Å². The molecule has 0 aliphatic carbocycles. The molecule has 0 spiro atoms. The molecule has 0 fully saturated rings. The van der Waals surface area contributed by atoms with Crippen LogP contribution in [0.5, 0.6) is 0 Å². The molecule has 74 valence electrons. The molecule has 0 saturated heterocycles. The fourth-order valence-corrected chi connectivity index (χ4v) is 0.860. The van der Waals surface area contributed by atoms with E-state index >= 15 is 0 Å². The first kappa shape index (κ1) is 13.1. The summed E-state index contributed by atoms with van der Waals surface area (Å²) >= 11 is 0.194. The molecule has 2 aromatic rings. The van der Waals surface area contributed by atoms with E-state index in [-0.39, 0.29) is 48.6 Å². The third-order valence-electron chi connectivity index (χ3n) is 1.31. The van der Waals surface area contributed by atoms with Crippen molar-refractivity contribution in [2.75, 3.05) is 5.73 Å². The van der Waals surface area contributed by atoms with Gasteiger partial charge in [0.25, 0.3) is 5.56 Å². The van der Waals surface area contributed by atoms with Gasteiger partial charge in [0, 0.05) is 0 Å². The number of hydrogen-bond acceptors (Lipinski definition) is 5. The number of fused-ring (bicyclic) bond motifs is 1. The third-order valence-corrected chi connectivity index (χ3v) is 1.31. The second-order valence-electron chi connectivity index (χ2n) is 2.05. The van der Waals surface area contributed by atoms with Crippen LogP contribution >= 0.6 is 0 Å². The minimum atomic E-state index is -0.301. The van der Waals surface area contributed by atoms with Crippen LogP contribution in [-0.4, -0.2) is 44.7 Å². The van der Waals surface area contributed by atoms with Crippen molar-refractivity contribution in [2.45, 2.75) is 0 Å². The molecular formula is C5H5BiClN5O2. The van der Waals surface area contributed by atoms with E-state index in [1.165, 1.54) is 6.33 Å². The fraction of sp³-hybridized carbons (Fsp3) is 0. The number of imidazole rings is 1. The van der Waals surface area contributed by atoms with Gasteiger partial charge in [-0.15, -0.1) is 0 Å². The molecule has 0 aromatic carbocycles. The van der Waals surface area contributed by atoms with Gasteiger partial charge in [0.2, 0.25) is 5.95 Å². The van der Waals surface area contributed by atoms with E-state index in [0.29, 0.717) is 11.2 Å². The SMILES string of the molecule is Nc1nc2nc[nH]c2c(=O)[nH]1.[Cl-].[O]=[Bi+]. The van der Waals surface area contributed by atoms with Gasteiger partial charge in [-0.05, 0) is 0 Å². The van der Waals surface area contributed by atoms with E-state index in [1.807, 2.05) is 0 Å². The maximum absolute atomic E-state index is 11.0. The number of nitrogens with one attached hydrogen (secondary N) is 2. The molecule has 2 heterocycles. The minimum absolute atomic E-state index is 0. The van der Waals surface area contributed by atoms with Gasteiger partial charge in [-0.3, -0.25) is 9.78 Å². The van der Waals surface area contributed by atoms with Crippen molar-refractivity contribution in [3.05, 3.63) is 16.7 Å². The Kier molecular flexibility index (Phi) is 5.41. The molecule has 0 aliphatic rings. The summed E-state index contributed by atoms with van der Waals surface area (Å²) < 4.78 is 8.36. The number of aromatic amines is 2. The summed E-state index contributed by atoms with van der Waals surface area (Å²) in [7, 11) is 0. The molecule has 0 unspecified atom stereocenters. The number of H-pyrrole nitrogens is 2. The number of aromatic nitrogens is 4. The van der Waals surface area contributed by atoms with Gasteiger partial charge in [0.1, 0.15) is 0 Å². The Morgan fingerprint density at radius 3 is 2.71 bits per heavy atom. The van der Waals surface area contributed by atoms with Crippen LogP contribution in [0.2, 0.25) is 0 Å². The number of rotatable bonds is 0. The van der Waals surface area contributed by atoms with Crippen molar-refractivity contribution in [3.8, 4) is 0 Å². The van der Waals surface area contributed by atoms with Crippen LogP contribution in [0.3, 0.4) is 0 Å². The average Bonchev–Trinajstić information content (AvgIpc) is 2.55. The molecule has 4 N–H and O–H groups in total.